The maximum atomic E-state index is 12.7. The van der Waals surface area contributed by atoms with Gasteiger partial charge in [-0.25, -0.2) is 9.48 Å². The topological polar surface area (TPSA) is 64.4 Å². The Balaban J connectivity index is 1.82. The fourth-order valence-electron chi connectivity index (χ4n) is 4.13. The number of rotatable bonds is 3. The van der Waals surface area contributed by atoms with Crippen LogP contribution in [-0.4, -0.2) is 32.2 Å². The van der Waals surface area contributed by atoms with Crippen LogP contribution in [0.2, 0.25) is 0 Å². The Kier molecular flexibility index (Phi) is 5.41. The van der Waals surface area contributed by atoms with Gasteiger partial charge in [-0.1, -0.05) is 42.5 Å². The first-order valence-corrected chi connectivity index (χ1v) is 10.8. The van der Waals surface area contributed by atoms with Gasteiger partial charge in [0, 0.05) is 16.7 Å². The van der Waals surface area contributed by atoms with Crippen molar-refractivity contribution in [3.8, 4) is 16.9 Å². The lowest BCUT2D eigenvalue weighted by atomic mass is 10.0. The summed E-state index contributed by atoms with van der Waals surface area (Å²) in [6.07, 6.45) is -0.341. The van der Waals surface area contributed by atoms with Gasteiger partial charge in [0.1, 0.15) is 5.60 Å². The van der Waals surface area contributed by atoms with E-state index in [1.165, 1.54) is 0 Å². The van der Waals surface area contributed by atoms with Gasteiger partial charge in [-0.2, -0.15) is 5.10 Å². The van der Waals surface area contributed by atoms with Crippen molar-refractivity contribution in [2.75, 3.05) is 0 Å². The van der Waals surface area contributed by atoms with E-state index in [4.69, 9.17) is 9.84 Å². The summed E-state index contributed by atoms with van der Waals surface area (Å²) in [4.78, 5) is 26.1. The van der Waals surface area contributed by atoms with Crippen LogP contribution in [0.15, 0.2) is 42.5 Å². The van der Waals surface area contributed by atoms with Crippen LogP contribution in [0.5, 0.6) is 0 Å². The summed E-state index contributed by atoms with van der Waals surface area (Å²) in [5.41, 5.74) is 7.17. The van der Waals surface area contributed by atoms with Crippen molar-refractivity contribution in [1.82, 2.24) is 14.7 Å². The monoisotopic (exact) mass is 431 g/mol. The highest BCUT2D eigenvalue weighted by molar-refractivity contribution is 5.94. The number of para-hydroxylation sites is 1. The lowest BCUT2D eigenvalue weighted by molar-refractivity contribution is 0.0239. The SMILES string of the molecule is CC(=O)c1ccc(-c2c3c(nn2-c2c(C)cccc2C)CN(C(=O)OC(C)(C)C)C3)cc1. The molecule has 0 atom stereocenters. The van der Waals surface area contributed by atoms with Crippen LogP contribution < -0.4 is 0 Å². The second-order valence-electron chi connectivity index (χ2n) is 9.40. The molecule has 6 heteroatoms. The van der Waals surface area contributed by atoms with Crippen molar-refractivity contribution >= 4 is 11.9 Å². The molecule has 4 rings (SSSR count). The van der Waals surface area contributed by atoms with E-state index < -0.39 is 5.60 Å². The minimum Gasteiger partial charge on any atom is -0.444 e. The summed E-state index contributed by atoms with van der Waals surface area (Å²) in [5, 5.41) is 4.95. The zero-order valence-electron chi connectivity index (χ0n) is 19.5. The third kappa shape index (κ3) is 4.05. The minimum absolute atomic E-state index is 0.0288. The van der Waals surface area contributed by atoms with Gasteiger partial charge in [-0.3, -0.25) is 9.69 Å². The number of benzene rings is 2. The molecule has 1 amide bonds. The normalized spacial score (nSPS) is 13.2. The van der Waals surface area contributed by atoms with Crippen LogP contribution in [-0.2, 0) is 17.8 Å². The molecule has 6 nitrogen and oxygen atoms in total. The van der Waals surface area contributed by atoms with Crippen LogP contribution in [0.4, 0.5) is 4.79 Å². The maximum Gasteiger partial charge on any atom is 0.410 e. The van der Waals surface area contributed by atoms with Crippen LogP contribution in [0.1, 0.15) is 60.4 Å². The number of ether oxygens (including phenoxy) is 1. The van der Waals surface area contributed by atoms with Crippen molar-refractivity contribution in [1.29, 1.82) is 0 Å². The average Bonchev–Trinajstić information content (AvgIpc) is 3.25. The first-order valence-electron chi connectivity index (χ1n) is 10.8. The quantitative estimate of drug-likeness (QED) is 0.506. The molecule has 32 heavy (non-hydrogen) atoms. The predicted molar refractivity (Wildman–Crippen MR) is 124 cm³/mol. The molecule has 3 aromatic rings. The number of nitrogens with zero attached hydrogens (tertiary/aromatic N) is 3. The zero-order chi connectivity index (χ0) is 23.2. The van der Waals surface area contributed by atoms with Gasteiger partial charge in [0.05, 0.1) is 30.2 Å². The van der Waals surface area contributed by atoms with Crippen molar-refractivity contribution < 1.29 is 14.3 Å². The zero-order valence-corrected chi connectivity index (χ0v) is 19.5. The number of amides is 1. The van der Waals surface area contributed by atoms with Gasteiger partial charge < -0.3 is 4.74 Å². The summed E-state index contributed by atoms with van der Waals surface area (Å²) in [5.74, 6) is 0.0288. The Morgan fingerprint density at radius 1 is 0.969 bits per heavy atom. The summed E-state index contributed by atoms with van der Waals surface area (Å²) >= 11 is 0. The summed E-state index contributed by atoms with van der Waals surface area (Å²) < 4.78 is 7.57. The molecule has 166 valence electrons. The molecule has 0 spiro atoms. The van der Waals surface area contributed by atoms with Gasteiger partial charge in [-0.15, -0.1) is 0 Å². The standard InChI is InChI=1S/C26H29N3O3/c1-16-8-7-9-17(2)23(16)29-24(20-12-10-19(11-13-20)18(3)30)21-14-28(15-22(21)27-29)25(31)32-26(4,5)6/h7-13H,14-15H2,1-6H3. The first-order chi connectivity index (χ1) is 15.0. The summed E-state index contributed by atoms with van der Waals surface area (Å²) in [7, 11) is 0. The Bertz CT molecular complexity index is 1180. The van der Waals surface area contributed by atoms with Crippen LogP contribution in [0.25, 0.3) is 16.9 Å². The van der Waals surface area contributed by atoms with Crippen LogP contribution in [0, 0.1) is 13.8 Å². The van der Waals surface area contributed by atoms with E-state index >= 15 is 0 Å². The first kappa shape index (κ1) is 21.8. The number of hydrogen-bond donors (Lipinski definition) is 0. The second kappa shape index (κ2) is 7.93. The highest BCUT2D eigenvalue weighted by Gasteiger charge is 2.34. The van der Waals surface area contributed by atoms with Crippen molar-refractivity contribution in [3.63, 3.8) is 0 Å². The van der Waals surface area contributed by atoms with Gasteiger partial charge in [0.15, 0.2) is 5.78 Å². The number of carbonyl (C=O) groups excluding carboxylic acids is 2. The lowest BCUT2D eigenvalue weighted by Gasteiger charge is -2.24. The van der Waals surface area contributed by atoms with Gasteiger partial charge in [-0.05, 0) is 52.7 Å². The molecule has 0 N–H and O–H groups in total. The highest BCUT2D eigenvalue weighted by atomic mass is 16.6. The molecule has 0 saturated heterocycles. The molecule has 2 aromatic carbocycles. The Morgan fingerprint density at radius 2 is 1.59 bits per heavy atom. The average molecular weight is 432 g/mol. The third-order valence-electron chi connectivity index (χ3n) is 5.62. The van der Waals surface area contributed by atoms with Gasteiger partial charge in [0.25, 0.3) is 0 Å². The summed E-state index contributed by atoms with van der Waals surface area (Å²) in [6.45, 7) is 12.1. The Labute approximate surface area is 188 Å². The van der Waals surface area contributed by atoms with E-state index in [2.05, 4.69) is 26.0 Å². The fourth-order valence-corrected chi connectivity index (χ4v) is 4.13. The molecule has 0 unspecified atom stereocenters. The fraction of sp³-hybridized carbons (Fsp3) is 0.346. The molecule has 0 saturated carbocycles. The van der Waals surface area contributed by atoms with Crippen molar-refractivity contribution in [2.45, 2.75) is 60.2 Å². The molecule has 1 aliphatic rings. The number of ketones is 1. The molecule has 1 aliphatic heterocycles. The van der Waals surface area contributed by atoms with Crippen molar-refractivity contribution in [3.05, 3.63) is 70.4 Å². The molecule has 0 aliphatic carbocycles. The third-order valence-corrected chi connectivity index (χ3v) is 5.62. The van der Waals surface area contributed by atoms with E-state index in [9.17, 15) is 9.59 Å². The maximum absolute atomic E-state index is 12.7. The molecular formula is C26H29N3O3. The molecule has 1 aromatic heterocycles. The molecule has 0 radical (unpaired) electrons. The van der Waals surface area contributed by atoms with E-state index in [0.717, 1.165) is 39.3 Å². The van der Waals surface area contributed by atoms with Gasteiger partial charge in [0.2, 0.25) is 0 Å². The number of fused-ring (bicyclic) bond motifs is 1. The minimum atomic E-state index is -0.555. The number of aromatic nitrogens is 2. The number of hydrogen-bond acceptors (Lipinski definition) is 4. The molecule has 0 fully saturated rings. The molecular weight excluding hydrogens is 402 g/mol. The number of aryl methyl sites for hydroxylation is 2. The van der Waals surface area contributed by atoms with E-state index in [1.807, 2.05) is 55.8 Å². The Morgan fingerprint density at radius 3 is 2.16 bits per heavy atom. The smallest absolute Gasteiger partial charge is 0.410 e. The molecule has 2 heterocycles. The van der Waals surface area contributed by atoms with Crippen LogP contribution >= 0.6 is 0 Å². The van der Waals surface area contributed by atoms with E-state index in [1.54, 1.807) is 11.8 Å². The van der Waals surface area contributed by atoms with E-state index in [-0.39, 0.29) is 11.9 Å². The number of carbonyl (C=O) groups is 2. The number of Topliss-reactive ketones (excluding diaryl/α,β-unsaturated/α-hetero) is 1. The van der Waals surface area contributed by atoms with E-state index in [0.29, 0.717) is 18.7 Å². The highest BCUT2D eigenvalue weighted by Crippen LogP contribution is 2.36. The van der Waals surface area contributed by atoms with Gasteiger partial charge >= 0.3 is 6.09 Å². The van der Waals surface area contributed by atoms with Crippen molar-refractivity contribution in [2.24, 2.45) is 0 Å². The lowest BCUT2D eigenvalue weighted by Crippen LogP contribution is -2.33. The summed E-state index contributed by atoms with van der Waals surface area (Å²) in [6, 6.07) is 13.8. The second-order valence-corrected chi connectivity index (χ2v) is 9.40. The van der Waals surface area contributed by atoms with Crippen LogP contribution in [0.3, 0.4) is 0 Å². The molecule has 0 bridgehead atoms. The Hall–Kier alpha value is -3.41. The largest absolute Gasteiger partial charge is 0.444 e. The predicted octanol–water partition coefficient (Wildman–Crippen LogP) is 5.61.